The molecular formula is C38H32N2O7S. The number of epoxide rings is 1. The number of nitrogens with zero attached hydrogens (tertiary/aromatic N) is 1. The molecule has 2 aliphatic heterocycles. The van der Waals surface area contributed by atoms with Crippen LogP contribution >= 0.6 is 11.8 Å². The van der Waals surface area contributed by atoms with Crippen molar-refractivity contribution >= 4 is 35.1 Å². The van der Waals surface area contributed by atoms with Crippen LogP contribution in [0.4, 0.5) is 10.5 Å². The van der Waals surface area contributed by atoms with Crippen LogP contribution in [-0.2, 0) is 21.6 Å². The highest BCUT2D eigenvalue weighted by atomic mass is 32.2. The highest BCUT2D eigenvalue weighted by molar-refractivity contribution is 7.99. The number of nitrogens with one attached hydrogen (secondary N) is 1. The summed E-state index contributed by atoms with van der Waals surface area (Å²) in [5, 5.41) is 25.7. The van der Waals surface area contributed by atoms with Gasteiger partial charge in [-0.25, -0.2) is 4.79 Å². The largest absolute Gasteiger partial charge is 0.507 e. The van der Waals surface area contributed by atoms with E-state index in [1.165, 1.54) is 11.0 Å². The summed E-state index contributed by atoms with van der Waals surface area (Å²) in [5.74, 6) is 11.0. The minimum Gasteiger partial charge on any atom is -0.507 e. The predicted molar refractivity (Wildman–Crippen MR) is 180 cm³/mol. The molecule has 4 aliphatic rings. The van der Waals surface area contributed by atoms with Gasteiger partial charge in [0.1, 0.15) is 24.0 Å². The Balaban J connectivity index is 1.17. The van der Waals surface area contributed by atoms with Crippen LogP contribution in [0.15, 0.2) is 71.6 Å². The number of rotatable bonds is 7. The quantitative estimate of drug-likeness (QED) is 0.0836. The second-order valence-corrected chi connectivity index (χ2v) is 13.4. The van der Waals surface area contributed by atoms with Crippen molar-refractivity contribution in [3.05, 3.63) is 100 Å². The molecule has 1 fully saturated rings. The van der Waals surface area contributed by atoms with Gasteiger partial charge in [0, 0.05) is 40.9 Å². The first-order valence-electron chi connectivity index (χ1n) is 15.6. The smallest absolute Gasteiger partial charge is 0.409 e. The van der Waals surface area contributed by atoms with E-state index < -0.39 is 46.9 Å². The van der Waals surface area contributed by atoms with Crippen molar-refractivity contribution in [2.45, 2.75) is 48.6 Å². The first-order chi connectivity index (χ1) is 23.1. The van der Waals surface area contributed by atoms with Gasteiger partial charge in [0.2, 0.25) is 0 Å². The van der Waals surface area contributed by atoms with Crippen LogP contribution in [0.2, 0.25) is 0 Å². The Morgan fingerprint density at radius 2 is 1.79 bits per heavy atom. The van der Waals surface area contributed by atoms with Crippen LogP contribution in [0.5, 0.6) is 5.75 Å². The number of hydrogen-bond acceptors (Lipinski definition) is 9. The fourth-order valence-electron chi connectivity index (χ4n) is 7.13. The summed E-state index contributed by atoms with van der Waals surface area (Å²) < 4.78 is 11.9. The molecule has 3 N–H and O–H groups in total. The number of aliphatic hydroxyl groups excluding tert-OH is 1. The molecule has 2 bridgehead atoms. The average Bonchev–Trinajstić information content (AvgIpc) is 3.81. The Kier molecular flexibility index (Phi) is 7.84. The lowest BCUT2D eigenvalue weighted by atomic mass is 9.67. The number of benzene rings is 3. The van der Waals surface area contributed by atoms with Crippen molar-refractivity contribution in [2.75, 3.05) is 24.7 Å². The molecule has 2 aliphatic carbocycles. The number of phenolic OH excluding ortho intramolecular Hbond substituents is 1. The zero-order valence-electron chi connectivity index (χ0n) is 26.5. The van der Waals surface area contributed by atoms with Gasteiger partial charge in [0.15, 0.2) is 17.2 Å². The number of thioether (sulfide) groups is 1. The molecule has 9 nitrogen and oxygen atoms in total. The average molecular weight is 661 g/mol. The van der Waals surface area contributed by atoms with Crippen LogP contribution in [0.3, 0.4) is 0 Å². The summed E-state index contributed by atoms with van der Waals surface area (Å²) in [5.41, 5.74) is -0.814. The Morgan fingerprint density at radius 1 is 1.06 bits per heavy atom. The summed E-state index contributed by atoms with van der Waals surface area (Å²) in [7, 11) is 1.60. The van der Waals surface area contributed by atoms with E-state index in [1.54, 1.807) is 56.1 Å². The summed E-state index contributed by atoms with van der Waals surface area (Å²) in [6.07, 6.45) is 1.75. The number of aromatic hydroxyl groups is 1. The van der Waals surface area contributed by atoms with Gasteiger partial charge in [-0.3, -0.25) is 9.59 Å². The second kappa shape index (κ2) is 11.9. The maximum atomic E-state index is 14.2. The molecule has 10 heteroatoms. The van der Waals surface area contributed by atoms with Crippen LogP contribution in [-0.4, -0.2) is 69.9 Å². The molecule has 242 valence electrons. The minimum atomic E-state index is -1.20. The van der Waals surface area contributed by atoms with Gasteiger partial charge < -0.3 is 29.9 Å². The van der Waals surface area contributed by atoms with E-state index in [0.29, 0.717) is 22.6 Å². The van der Waals surface area contributed by atoms with Crippen LogP contribution in [0.25, 0.3) is 0 Å². The summed E-state index contributed by atoms with van der Waals surface area (Å²) >= 11 is 1.59. The number of ketones is 2. The summed E-state index contributed by atoms with van der Waals surface area (Å²) in [6.45, 7) is 3.85. The lowest BCUT2D eigenvalue weighted by molar-refractivity contribution is 0.0868. The van der Waals surface area contributed by atoms with Crippen LogP contribution in [0, 0.1) is 29.6 Å². The van der Waals surface area contributed by atoms with E-state index >= 15 is 0 Å². The van der Waals surface area contributed by atoms with E-state index in [9.17, 15) is 24.6 Å². The van der Waals surface area contributed by atoms with E-state index in [2.05, 4.69) is 29.0 Å². The predicted octanol–water partition coefficient (Wildman–Crippen LogP) is 4.88. The molecule has 1 amide bonds. The van der Waals surface area contributed by atoms with E-state index in [1.807, 2.05) is 37.3 Å². The topological polar surface area (TPSA) is 129 Å². The maximum absolute atomic E-state index is 14.2. The lowest BCUT2D eigenvalue weighted by Gasteiger charge is -2.38. The Hall–Kier alpha value is -5.00. The molecular weight excluding hydrogens is 628 g/mol. The van der Waals surface area contributed by atoms with Crippen molar-refractivity contribution in [1.82, 2.24) is 4.90 Å². The third-order valence-corrected chi connectivity index (χ3v) is 10.4. The van der Waals surface area contributed by atoms with Gasteiger partial charge in [0.25, 0.3) is 0 Å². The number of anilines is 1. The zero-order valence-corrected chi connectivity index (χ0v) is 27.3. The van der Waals surface area contributed by atoms with Gasteiger partial charge >= 0.3 is 6.09 Å². The molecule has 48 heavy (non-hydrogen) atoms. The number of amides is 1. The highest BCUT2D eigenvalue weighted by Crippen LogP contribution is 2.68. The van der Waals surface area contributed by atoms with Crippen molar-refractivity contribution < 1.29 is 34.1 Å². The minimum absolute atomic E-state index is 0.0259. The Bertz CT molecular complexity index is 2040. The van der Waals surface area contributed by atoms with Gasteiger partial charge in [-0.05, 0) is 61.9 Å². The third-order valence-electron chi connectivity index (χ3n) is 9.38. The molecule has 0 spiro atoms. The first-order valence-corrected chi connectivity index (χ1v) is 16.6. The molecule has 7 rings (SSSR count). The molecule has 0 unspecified atom stereocenters. The van der Waals surface area contributed by atoms with Crippen molar-refractivity contribution in [2.24, 2.45) is 5.92 Å². The van der Waals surface area contributed by atoms with E-state index in [-0.39, 0.29) is 41.2 Å². The summed E-state index contributed by atoms with van der Waals surface area (Å²) in [4.78, 5) is 43.4. The van der Waals surface area contributed by atoms with Crippen molar-refractivity contribution in [1.29, 1.82) is 0 Å². The zero-order chi connectivity index (χ0) is 33.8. The number of phenols is 1. The first kappa shape index (κ1) is 31.6. The van der Waals surface area contributed by atoms with Gasteiger partial charge in [-0.2, -0.15) is 0 Å². The second-order valence-electron chi connectivity index (χ2n) is 12.3. The number of ether oxygens (including phenoxy) is 2. The molecule has 3 aromatic carbocycles. The Labute approximate surface area is 282 Å². The molecule has 0 aromatic heterocycles. The standard InChI is InChI=1S/C38H32N2O7S/c1-22-11-7-4-5-10-14-30-38(23(2)41)37(22,47-38)28-20-29(42)31-32(33(28)39-30)34(43)26-16-15-24(19-27(26)35(31)44)21-40(3)36(45)46-17-18-48-25-12-8-6-9-13-25/h4-6,8-9,12-13,15-16,19-20,22-23,30,39,41-42H,17-18,21H2,1-3H3/b5-4-/t22-,23-,30+,37-,38+/m1/s1. The van der Waals surface area contributed by atoms with Gasteiger partial charge in [-0.15, -0.1) is 11.8 Å². The number of hydrogen-bond donors (Lipinski definition) is 3. The van der Waals surface area contributed by atoms with Gasteiger partial charge in [-0.1, -0.05) is 47.9 Å². The number of aliphatic hydroxyl groups is 1. The monoisotopic (exact) mass is 660 g/mol. The molecule has 3 aromatic rings. The van der Waals surface area contributed by atoms with Crippen LogP contribution < -0.4 is 5.32 Å². The number of carbonyl (C=O) groups excluding carboxylic acids is 3. The number of carbonyl (C=O) groups is 3. The normalized spacial score (nSPS) is 25.2. The fraction of sp³-hybridized carbons (Fsp3) is 0.289. The molecule has 0 saturated carbocycles. The third kappa shape index (κ3) is 4.79. The van der Waals surface area contributed by atoms with Crippen molar-refractivity contribution in [3.63, 3.8) is 0 Å². The molecule has 2 heterocycles. The SMILES string of the molecule is C[C@@H]1C#C/C=C\C#C[C@@H]2Nc3c(cc(O)c4c3C(=O)c3ccc(CN(C)C(=O)OCCSc5ccccc5)cc3C4=O)[C@]13O[C@@]23[C@@H](C)O. The highest BCUT2D eigenvalue weighted by Gasteiger charge is 2.81. The summed E-state index contributed by atoms with van der Waals surface area (Å²) in [6, 6.07) is 15.4. The van der Waals surface area contributed by atoms with Gasteiger partial charge in [0.05, 0.1) is 28.8 Å². The molecule has 0 radical (unpaired) electrons. The fourth-order valence-corrected chi connectivity index (χ4v) is 7.88. The molecule has 1 saturated heterocycles. The van der Waals surface area contributed by atoms with Crippen molar-refractivity contribution in [3.8, 4) is 29.4 Å². The van der Waals surface area contributed by atoms with E-state index in [0.717, 1.165) is 4.90 Å². The lowest BCUT2D eigenvalue weighted by Crippen LogP contribution is -2.53. The number of fused-ring (bicyclic) bond motifs is 4. The van der Waals surface area contributed by atoms with Crippen LogP contribution in [0.1, 0.15) is 56.8 Å². The van der Waals surface area contributed by atoms with E-state index in [4.69, 9.17) is 9.47 Å². The Morgan fingerprint density at radius 3 is 2.54 bits per heavy atom. The maximum Gasteiger partial charge on any atom is 0.409 e. The molecule has 5 atom stereocenters. The number of allylic oxidation sites excluding steroid dienone is 2.